The molecule has 2 amide bonds. The highest BCUT2D eigenvalue weighted by molar-refractivity contribution is 6.30. The molecule has 5 rings (SSSR count). The third-order valence-electron chi connectivity index (χ3n) is 8.92. The third-order valence-corrected chi connectivity index (χ3v) is 9.42. The fraction of sp³-hybridized carbons (Fsp3) is 0.400. The number of ether oxygens (including phenoxy) is 1. The summed E-state index contributed by atoms with van der Waals surface area (Å²) in [5.41, 5.74) is -1.21. The van der Waals surface area contributed by atoms with Gasteiger partial charge >= 0.3 is 6.18 Å². The van der Waals surface area contributed by atoms with Gasteiger partial charge in [-0.15, -0.1) is 0 Å². The molecule has 0 bridgehead atoms. The van der Waals surface area contributed by atoms with Crippen molar-refractivity contribution in [1.29, 1.82) is 5.26 Å². The average Bonchev–Trinajstić information content (AvgIpc) is 3.49. The Balaban J connectivity index is 1.73. The molecule has 2 heterocycles. The van der Waals surface area contributed by atoms with Gasteiger partial charge in [0.15, 0.2) is 5.66 Å². The van der Waals surface area contributed by atoms with Crippen molar-refractivity contribution < 1.29 is 27.5 Å². The predicted molar refractivity (Wildman–Crippen MR) is 180 cm³/mol. The number of nitrogens with zero attached hydrogens (tertiary/aromatic N) is 3. The van der Waals surface area contributed by atoms with Gasteiger partial charge in [-0.1, -0.05) is 53.5 Å². The molecule has 3 aromatic carbocycles. The number of hydrogen-bond acceptors (Lipinski definition) is 7. The summed E-state index contributed by atoms with van der Waals surface area (Å²) in [5, 5.41) is 20.5. The summed E-state index contributed by atoms with van der Waals surface area (Å²) in [4.78, 5) is 31.6. The lowest BCUT2D eigenvalue weighted by Crippen LogP contribution is -2.63. The molecule has 0 aliphatic carbocycles. The molecule has 2 fully saturated rings. The first kappa shape index (κ1) is 36.4. The Bertz CT molecular complexity index is 1620. The number of alkyl halides is 3. The van der Waals surface area contributed by atoms with E-state index in [0.717, 1.165) is 23.3 Å². The number of piperidine rings is 1. The van der Waals surface area contributed by atoms with Crippen LogP contribution in [0.15, 0.2) is 66.7 Å². The van der Waals surface area contributed by atoms with Gasteiger partial charge in [-0.25, -0.2) is 0 Å². The average molecular weight is 718 g/mol. The number of rotatable bonds is 10. The van der Waals surface area contributed by atoms with Gasteiger partial charge in [0, 0.05) is 28.7 Å². The number of carbonyl (C=O) groups is 2. The summed E-state index contributed by atoms with van der Waals surface area (Å²) in [6.45, 7) is 2.32. The zero-order chi connectivity index (χ0) is 35.3. The van der Waals surface area contributed by atoms with Crippen LogP contribution in [0.2, 0.25) is 10.0 Å². The molecule has 2 atom stereocenters. The lowest BCUT2D eigenvalue weighted by Gasteiger charge is -2.41. The van der Waals surface area contributed by atoms with Gasteiger partial charge in [0.25, 0.3) is 5.91 Å². The molecular weight excluding hydrogens is 680 g/mol. The fourth-order valence-electron chi connectivity index (χ4n) is 6.41. The van der Waals surface area contributed by atoms with Crippen LogP contribution in [0, 0.1) is 11.3 Å². The maximum atomic E-state index is 15.4. The SMILES string of the molecule is CCOc1cc(C(F)(F)F)ccc1C1(C(=O)N(CC(=O)N(C)CC#N)C2CCNCC2)NC(c2ccc(Cl)cc2)C(c2ccc(Cl)cc2)N1. The second-order valence-electron chi connectivity index (χ2n) is 12.1. The maximum absolute atomic E-state index is 15.4. The van der Waals surface area contributed by atoms with E-state index in [1.807, 2.05) is 30.3 Å². The molecule has 2 unspecified atom stereocenters. The molecule has 2 aliphatic rings. The van der Waals surface area contributed by atoms with Crippen molar-refractivity contribution in [3.05, 3.63) is 99.0 Å². The summed E-state index contributed by atoms with van der Waals surface area (Å²) in [7, 11) is 1.48. The highest BCUT2D eigenvalue weighted by atomic mass is 35.5. The molecule has 14 heteroatoms. The summed E-state index contributed by atoms with van der Waals surface area (Å²) < 4.78 is 47.8. The zero-order valence-electron chi connectivity index (χ0n) is 27.0. The molecule has 49 heavy (non-hydrogen) atoms. The van der Waals surface area contributed by atoms with Crippen LogP contribution in [0.4, 0.5) is 13.2 Å². The molecule has 2 aliphatic heterocycles. The first-order valence-corrected chi connectivity index (χ1v) is 16.7. The number of likely N-dealkylation sites (N-methyl/N-ethyl adjacent to an activating group) is 1. The van der Waals surface area contributed by atoms with E-state index in [1.54, 1.807) is 31.2 Å². The van der Waals surface area contributed by atoms with Crippen molar-refractivity contribution in [2.24, 2.45) is 0 Å². The van der Waals surface area contributed by atoms with E-state index < -0.39 is 41.3 Å². The van der Waals surface area contributed by atoms with Crippen LogP contribution >= 0.6 is 23.2 Å². The van der Waals surface area contributed by atoms with Gasteiger partial charge in [-0.3, -0.25) is 20.2 Å². The second-order valence-corrected chi connectivity index (χ2v) is 12.9. The van der Waals surface area contributed by atoms with Crippen LogP contribution in [0.3, 0.4) is 0 Å². The highest BCUT2D eigenvalue weighted by Crippen LogP contribution is 2.46. The van der Waals surface area contributed by atoms with Gasteiger partial charge in [0.2, 0.25) is 5.91 Å². The summed E-state index contributed by atoms with van der Waals surface area (Å²) in [6, 6.07) is 17.5. The maximum Gasteiger partial charge on any atom is 0.416 e. The highest BCUT2D eigenvalue weighted by Gasteiger charge is 2.55. The molecule has 3 N–H and O–H groups in total. The van der Waals surface area contributed by atoms with Crippen molar-refractivity contribution in [1.82, 2.24) is 25.8 Å². The number of halogens is 5. The minimum Gasteiger partial charge on any atom is -0.493 e. The van der Waals surface area contributed by atoms with Crippen LogP contribution in [0.1, 0.15) is 54.1 Å². The molecule has 0 saturated carbocycles. The van der Waals surface area contributed by atoms with E-state index in [2.05, 4.69) is 16.0 Å². The molecule has 0 aromatic heterocycles. The van der Waals surface area contributed by atoms with Crippen molar-refractivity contribution in [3.63, 3.8) is 0 Å². The van der Waals surface area contributed by atoms with Crippen molar-refractivity contribution in [2.45, 2.75) is 49.7 Å². The van der Waals surface area contributed by atoms with Crippen molar-refractivity contribution in [2.75, 3.05) is 39.8 Å². The molecular formula is C35H37Cl2F3N6O3. The largest absolute Gasteiger partial charge is 0.493 e. The molecule has 2 saturated heterocycles. The summed E-state index contributed by atoms with van der Waals surface area (Å²) in [5.74, 6) is -1.17. The number of hydrogen-bond donors (Lipinski definition) is 3. The lowest BCUT2D eigenvalue weighted by atomic mass is 9.93. The van der Waals surface area contributed by atoms with Gasteiger partial charge < -0.3 is 19.9 Å². The van der Waals surface area contributed by atoms with Crippen LogP contribution in [0.25, 0.3) is 0 Å². The van der Waals surface area contributed by atoms with E-state index in [4.69, 9.17) is 27.9 Å². The molecule has 3 aromatic rings. The number of amides is 2. The normalized spacial score (nSPS) is 21.2. The molecule has 9 nitrogen and oxygen atoms in total. The van der Waals surface area contributed by atoms with Gasteiger partial charge in [0.1, 0.15) is 18.8 Å². The minimum atomic E-state index is -4.67. The molecule has 0 radical (unpaired) electrons. The number of nitrogens with one attached hydrogen (secondary N) is 3. The standard InChI is InChI=1S/C35H37Cl2F3N6O3/c1-3-49-29-20-24(35(38,39)40)8-13-28(29)34(33(48)46(27-14-17-42-18-15-27)21-30(47)45(2)19-16-41)43-31(22-4-9-25(36)10-5-22)32(44-34)23-6-11-26(37)12-7-23/h4-13,20,27,31-32,42-44H,3,14-15,17-19,21H2,1-2H3. The van der Waals surface area contributed by atoms with E-state index >= 15 is 4.79 Å². The fourth-order valence-corrected chi connectivity index (χ4v) is 6.66. The van der Waals surface area contributed by atoms with E-state index in [9.17, 15) is 23.2 Å². The molecule has 260 valence electrons. The van der Waals surface area contributed by atoms with Gasteiger partial charge in [-0.2, -0.15) is 18.4 Å². The first-order chi connectivity index (χ1) is 23.4. The number of benzene rings is 3. The predicted octanol–water partition coefficient (Wildman–Crippen LogP) is 5.80. The van der Waals surface area contributed by atoms with Crippen LogP contribution in [-0.4, -0.2) is 67.5 Å². The Morgan fingerprint density at radius 3 is 2.00 bits per heavy atom. The van der Waals surface area contributed by atoms with Gasteiger partial charge in [0.05, 0.1) is 30.3 Å². The Morgan fingerprint density at radius 2 is 1.51 bits per heavy atom. The Morgan fingerprint density at radius 1 is 0.959 bits per heavy atom. The Labute approximate surface area is 293 Å². The summed E-state index contributed by atoms with van der Waals surface area (Å²) in [6.07, 6.45) is -3.61. The van der Waals surface area contributed by atoms with Crippen LogP contribution < -0.4 is 20.7 Å². The molecule has 0 spiro atoms. The van der Waals surface area contributed by atoms with Crippen LogP contribution in [0.5, 0.6) is 5.75 Å². The van der Waals surface area contributed by atoms with Gasteiger partial charge in [-0.05, 0) is 80.4 Å². The van der Waals surface area contributed by atoms with Crippen molar-refractivity contribution >= 4 is 35.0 Å². The Kier molecular flexibility index (Phi) is 11.4. The monoisotopic (exact) mass is 716 g/mol. The summed E-state index contributed by atoms with van der Waals surface area (Å²) >= 11 is 12.5. The lowest BCUT2D eigenvalue weighted by molar-refractivity contribution is -0.148. The van der Waals surface area contributed by atoms with E-state index in [-0.39, 0.29) is 37.1 Å². The topological polar surface area (TPSA) is 110 Å². The van der Waals surface area contributed by atoms with E-state index in [0.29, 0.717) is 36.0 Å². The Hall–Kier alpha value is -3.86. The van der Waals surface area contributed by atoms with Crippen molar-refractivity contribution in [3.8, 4) is 11.8 Å². The van der Waals surface area contributed by atoms with E-state index in [1.165, 1.54) is 22.9 Å². The number of nitriles is 1. The number of carbonyl (C=O) groups excluding carboxylic acids is 2. The first-order valence-electron chi connectivity index (χ1n) is 15.9. The smallest absolute Gasteiger partial charge is 0.416 e. The minimum absolute atomic E-state index is 0.0231. The zero-order valence-corrected chi connectivity index (χ0v) is 28.5. The second kappa shape index (κ2) is 15.4. The third kappa shape index (κ3) is 7.97. The quantitative estimate of drug-likeness (QED) is 0.228. The van der Waals surface area contributed by atoms with Crippen LogP contribution in [-0.2, 0) is 21.4 Å².